The third kappa shape index (κ3) is 4.62. The molecule has 118 valence electrons. The maximum Gasteiger partial charge on any atom is 0.335 e. The summed E-state index contributed by atoms with van der Waals surface area (Å²) in [5, 5.41) is 8.99. The summed E-state index contributed by atoms with van der Waals surface area (Å²) in [4.78, 5) is 10.8. The first-order chi connectivity index (χ1) is 9.85. The van der Waals surface area contributed by atoms with Crippen molar-refractivity contribution in [1.29, 1.82) is 0 Å². The van der Waals surface area contributed by atoms with E-state index in [9.17, 15) is 13.2 Å². The SMILES string of the molecule is CCC(CSC)NS(=O)(=O)c1cc(C(=O)O)ccc1OC. The van der Waals surface area contributed by atoms with Crippen molar-refractivity contribution in [3.8, 4) is 5.75 Å². The highest BCUT2D eigenvalue weighted by Gasteiger charge is 2.24. The van der Waals surface area contributed by atoms with E-state index < -0.39 is 16.0 Å². The van der Waals surface area contributed by atoms with Crippen LogP contribution in [-0.2, 0) is 10.0 Å². The topological polar surface area (TPSA) is 92.7 Å². The molecule has 0 radical (unpaired) electrons. The predicted molar refractivity (Wildman–Crippen MR) is 82.7 cm³/mol. The first-order valence-electron chi connectivity index (χ1n) is 6.28. The Morgan fingerprint density at radius 1 is 1.48 bits per heavy atom. The maximum atomic E-state index is 12.4. The largest absolute Gasteiger partial charge is 0.495 e. The Kier molecular flexibility index (Phi) is 6.50. The van der Waals surface area contributed by atoms with Crippen LogP contribution in [0.25, 0.3) is 0 Å². The molecule has 0 aliphatic heterocycles. The van der Waals surface area contributed by atoms with E-state index >= 15 is 0 Å². The molecule has 21 heavy (non-hydrogen) atoms. The normalized spacial score (nSPS) is 12.9. The fourth-order valence-electron chi connectivity index (χ4n) is 1.74. The van der Waals surface area contributed by atoms with Gasteiger partial charge in [0.2, 0.25) is 10.0 Å². The van der Waals surface area contributed by atoms with Crippen LogP contribution in [0.4, 0.5) is 0 Å². The number of hydrogen-bond donors (Lipinski definition) is 2. The second kappa shape index (κ2) is 7.67. The Balaban J connectivity index is 3.22. The molecular formula is C13H19NO5S2. The highest BCUT2D eigenvalue weighted by molar-refractivity contribution is 7.98. The molecule has 0 aliphatic carbocycles. The number of methoxy groups -OCH3 is 1. The number of thioether (sulfide) groups is 1. The molecule has 1 atom stereocenters. The lowest BCUT2D eigenvalue weighted by atomic mass is 10.2. The van der Waals surface area contributed by atoms with Crippen LogP contribution >= 0.6 is 11.8 Å². The van der Waals surface area contributed by atoms with E-state index in [4.69, 9.17) is 9.84 Å². The van der Waals surface area contributed by atoms with E-state index in [2.05, 4.69) is 4.72 Å². The van der Waals surface area contributed by atoms with Gasteiger partial charge in [-0.15, -0.1) is 0 Å². The molecule has 0 aliphatic rings. The van der Waals surface area contributed by atoms with Crippen molar-refractivity contribution in [2.24, 2.45) is 0 Å². The fourth-order valence-corrected chi connectivity index (χ4v) is 4.08. The zero-order valence-electron chi connectivity index (χ0n) is 12.1. The van der Waals surface area contributed by atoms with Crippen LogP contribution in [0.1, 0.15) is 23.7 Å². The van der Waals surface area contributed by atoms with Crippen molar-refractivity contribution >= 4 is 27.8 Å². The van der Waals surface area contributed by atoms with Gasteiger partial charge in [0.1, 0.15) is 10.6 Å². The molecule has 8 heteroatoms. The first-order valence-corrected chi connectivity index (χ1v) is 9.16. The third-order valence-corrected chi connectivity index (χ3v) is 5.16. The Bertz CT molecular complexity index is 601. The lowest BCUT2D eigenvalue weighted by Gasteiger charge is -2.17. The van der Waals surface area contributed by atoms with Gasteiger partial charge in [-0.3, -0.25) is 0 Å². The Labute approximate surface area is 128 Å². The van der Waals surface area contributed by atoms with E-state index in [0.29, 0.717) is 12.2 Å². The molecule has 0 heterocycles. The van der Waals surface area contributed by atoms with Gasteiger partial charge in [0.25, 0.3) is 0 Å². The molecular weight excluding hydrogens is 314 g/mol. The van der Waals surface area contributed by atoms with Crippen molar-refractivity contribution in [2.75, 3.05) is 19.1 Å². The van der Waals surface area contributed by atoms with Crippen molar-refractivity contribution < 1.29 is 23.1 Å². The van der Waals surface area contributed by atoms with E-state index in [1.54, 1.807) is 0 Å². The minimum Gasteiger partial charge on any atom is -0.495 e. The Morgan fingerprint density at radius 2 is 2.14 bits per heavy atom. The summed E-state index contributed by atoms with van der Waals surface area (Å²) in [5.41, 5.74) is -0.103. The fraction of sp³-hybridized carbons (Fsp3) is 0.462. The van der Waals surface area contributed by atoms with Gasteiger partial charge in [-0.25, -0.2) is 17.9 Å². The van der Waals surface area contributed by atoms with Crippen LogP contribution in [0.3, 0.4) is 0 Å². The van der Waals surface area contributed by atoms with Crippen molar-refractivity contribution in [1.82, 2.24) is 4.72 Å². The molecule has 0 spiro atoms. The van der Waals surface area contributed by atoms with Gasteiger partial charge in [-0.2, -0.15) is 11.8 Å². The second-order valence-corrected chi connectivity index (χ2v) is 6.95. The molecule has 6 nitrogen and oxygen atoms in total. The highest BCUT2D eigenvalue weighted by atomic mass is 32.2. The maximum absolute atomic E-state index is 12.4. The smallest absolute Gasteiger partial charge is 0.335 e. The van der Waals surface area contributed by atoms with Crippen molar-refractivity contribution in [3.63, 3.8) is 0 Å². The van der Waals surface area contributed by atoms with E-state index in [1.165, 1.54) is 31.0 Å². The number of nitrogens with one attached hydrogen (secondary N) is 1. The second-order valence-electron chi connectivity index (χ2n) is 4.35. The number of sulfonamides is 1. The van der Waals surface area contributed by atoms with Crippen LogP contribution in [-0.4, -0.2) is 44.7 Å². The van der Waals surface area contributed by atoms with E-state index in [0.717, 1.165) is 6.07 Å². The lowest BCUT2D eigenvalue weighted by molar-refractivity contribution is 0.0696. The van der Waals surface area contributed by atoms with Gasteiger partial charge in [-0.1, -0.05) is 6.92 Å². The number of benzene rings is 1. The zero-order chi connectivity index (χ0) is 16.0. The van der Waals surface area contributed by atoms with Gasteiger partial charge in [0, 0.05) is 11.8 Å². The predicted octanol–water partition coefficient (Wildman–Crippen LogP) is 1.81. The lowest BCUT2D eigenvalue weighted by Crippen LogP contribution is -2.36. The molecule has 0 saturated heterocycles. The summed E-state index contributed by atoms with van der Waals surface area (Å²) in [6.07, 6.45) is 2.53. The number of carbonyl (C=O) groups is 1. The summed E-state index contributed by atoms with van der Waals surface area (Å²) in [6.45, 7) is 1.88. The number of rotatable bonds is 8. The summed E-state index contributed by atoms with van der Waals surface area (Å²) in [5.74, 6) is -0.437. The van der Waals surface area contributed by atoms with Gasteiger partial charge in [0.15, 0.2) is 0 Å². The average Bonchev–Trinajstić information content (AvgIpc) is 2.45. The monoisotopic (exact) mass is 333 g/mol. The molecule has 2 N–H and O–H groups in total. The summed E-state index contributed by atoms with van der Waals surface area (Å²) >= 11 is 1.54. The molecule has 1 rings (SSSR count). The van der Waals surface area contributed by atoms with Crippen LogP contribution in [0.15, 0.2) is 23.1 Å². The number of ether oxygens (including phenoxy) is 1. The van der Waals surface area contributed by atoms with E-state index in [-0.39, 0.29) is 22.3 Å². The van der Waals surface area contributed by atoms with Crippen LogP contribution in [0, 0.1) is 0 Å². The van der Waals surface area contributed by atoms with E-state index in [1.807, 2.05) is 13.2 Å². The summed E-state index contributed by atoms with van der Waals surface area (Å²) in [7, 11) is -2.50. The zero-order valence-corrected chi connectivity index (χ0v) is 13.8. The quantitative estimate of drug-likeness (QED) is 0.754. The van der Waals surface area contributed by atoms with Crippen molar-refractivity contribution in [3.05, 3.63) is 23.8 Å². The Hall–Kier alpha value is -1.25. The molecule has 0 aromatic heterocycles. The third-order valence-electron chi connectivity index (χ3n) is 2.88. The van der Waals surface area contributed by atoms with Gasteiger partial charge in [-0.05, 0) is 30.9 Å². The number of aromatic carboxylic acids is 1. The molecule has 0 fully saturated rings. The van der Waals surface area contributed by atoms with Gasteiger partial charge >= 0.3 is 5.97 Å². The summed E-state index contributed by atoms with van der Waals surface area (Å²) < 4.78 is 32.5. The number of carboxylic acid groups (broad SMARTS) is 1. The van der Waals surface area contributed by atoms with Crippen LogP contribution in [0.2, 0.25) is 0 Å². The molecule has 0 amide bonds. The van der Waals surface area contributed by atoms with Crippen molar-refractivity contribution in [2.45, 2.75) is 24.3 Å². The average molecular weight is 333 g/mol. The molecule has 1 unspecified atom stereocenters. The minimum atomic E-state index is -3.84. The first kappa shape index (κ1) is 17.8. The number of carboxylic acids is 1. The Morgan fingerprint density at radius 3 is 2.62 bits per heavy atom. The molecule has 1 aromatic carbocycles. The minimum absolute atomic E-state index is 0.103. The van der Waals surface area contributed by atoms with Crippen LogP contribution < -0.4 is 9.46 Å². The standard InChI is InChI=1S/C13H19NO5S2/c1-4-10(8-20-3)14-21(17,18)12-7-9(13(15)16)5-6-11(12)19-2/h5-7,10,14H,4,8H2,1-3H3,(H,15,16). The number of hydrogen-bond acceptors (Lipinski definition) is 5. The van der Waals surface area contributed by atoms with Gasteiger partial charge < -0.3 is 9.84 Å². The van der Waals surface area contributed by atoms with Gasteiger partial charge in [0.05, 0.1) is 12.7 Å². The molecule has 0 bridgehead atoms. The molecule has 0 saturated carbocycles. The highest BCUT2D eigenvalue weighted by Crippen LogP contribution is 2.25. The molecule has 1 aromatic rings. The van der Waals surface area contributed by atoms with Crippen LogP contribution in [0.5, 0.6) is 5.75 Å². The summed E-state index contributed by atoms with van der Waals surface area (Å²) in [6, 6.07) is 3.53.